The van der Waals surface area contributed by atoms with Gasteiger partial charge >= 0.3 is 0 Å². The normalized spacial score (nSPS) is 16.3. The summed E-state index contributed by atoms with van der Waals surface area (Å²) >= 11 is 1.74. The smallest absolute Gasteiger partial charge is 0.185 e. The summed E-state index contributed by atoms with van der Waals surface area (Å²) in [6, 6.07) is 0. The molecular formula is C11H14N2OS. The molecule has 1 aromatic rings. The van der Waals surface area contributed by atoms with E-state index in [4.69, 9.17) is 11.2 Å². The van der Waals surface area contributed by atoms with Crippen LogP contribution in [0.25, 0.3) is 0 Å². The average Bonchev–Trinajstić information content (AvgIpc) is 2.76. The zero-order valence-electron chi connectivity index (χ0n) is 8.61. The van der Waals surface area contributed by atoms with Crippen molar-refractivity contribution in [3.05, 3.63) is 11.1 Å². The molecule has 0 aliphatic carbocycles. The molecule has 2 heterocycles. The van der Waals surface area contributed by atoms with E-state index in [0.29, 0.717) is 0 Å². The molecule has 4 heteroatoms. The van der Waals surface area contributed by atoms with E-state index in [1.165, 1.54) is 4.88 Å². The van der Waals surface area contributed by atoms with Gasteiger partial charge in [-0.05, 0) is 6.42 Å². The second-order valence-electron chi connectivity index (χ2n) is 3.41. The molecule has 0 radical (unpaired) electrons. The van der Waals surface area contributed by atoms with Gasteiger partial charge in [0.1, 0.15) is 0 Å². The molecule has 2 rings (SSSR count). The molecule has 0 bridgehead atoms. The van der Waals surface area contributed by atoms with Gasteiger partial charge in [0.25, 0.3) is 0 Å². The molecule has 1 saturated heterocycles. The first-order chi connectivity index (χ1) is 7.40. The van der Waals surface area contributed by atoms with E-state index in [-0.39, 0.29) is 0 Å². The average molecular weight is 222 g/mol. The van der Waals surface area contributed by atoms with Crippen LogP contribution in [0.1, 0.15) is 11.3 Å². The Morgan fingerprint density at radius 1 is 1.53 bits per heavy atom. The van der Waals surface area contributed by atoms with Crippen LogP contribution in [0.4, 0.5) is 5.13 Å². The standard InChI is InChI=1S/C11H14N2OS/c1-2-3-4-10-9-12-11(15-10)13-5-7-14-8-6-13/h1,9H,3-8H2. The van der Waals surface area contributed by atoms with Gasteiger partial charge in [-0.25, -0.2) is 4.98 Å². The van der Waals surface area contributed by atoms with Gasteiger partial charge in [0.2, 0.25) is 0 Å². The first kappa shape index (κ1) is 10.5. The molecule has 0 saturated carbocycles. The number of ether oxygens (including phenoxy) is 1. The second-order valence-corrected chi connectivity index (χ2v) is 4.51. The highest BCUT2D eigenvalue weighted by Crippen LogP contribution is 2.23. The third-order valence-electron chi connectivity index (χ3n) is 2.34. The maximum atomic E-state index is 5.30. The van der Waals surface area contributed by atoms with Crippen molar-refractivity contribution in [2.75, 3.05) is 31.2 Å². The lowest BCUT2D eigenvalue weighted by Crippen LogP contribution is -2.36. The van der Waals surface area contributed by atoms with E-state index in [1.54, 1.807) is 11.3 Å². The van der Waals surface area contributed by atoms with Crippen molar-refractivity contribution in [2.45, 2.75) is 12.8 Å². The maximum Gasteiger partial charge on any atom is 0.185 e. The molecule has 80 valence electrons. The third kappa shape index (κ3) is 2.71. The van der Waals surface area contributed by atoms with Crippen LogP contribution < -0.4 is 4.90 Å². The first-order valence-electron chi connectivity index (χ1n) is 5.11. The molecule has 0 N–H and O–H groups in total. The third-order valence-corrected chi connectivity index (χ3v) is 3.46. The number of aryl methyl sites for hydroxylation is 1. The quantitative estimate of drug-likeness (QED) is 0.725. The van der Waals surface area contributed by atoms with Gasteiger partial charge in [-0.2, -0.15) is 0 Å². The lowest BCUT2D eigenvalue weighted by Gasteiger charge is -2.25. The predicted molar refractivity (Wildman–Crippen MR) is 62.3 cm³/mol. The van der Waals surface area contributed by atoms with Gasteiger partial charge in [-0.3, -0.25) is 0 Å². The van der Waals surface area contributed by atoms with Crippen LogP contribution in [-0.2, 0) is 11.2 Å². The van der Waals surface area contributed by atoms with Crippen LogP contribution in [-0.4, -0.2) is 31.3 Å². The van der Waals surface area contributed by atoms with Crippen LogP contribution in [0.5, 0.6) is 0 Å². The molecule has 1 aromatic heterocycles. The van der Waals surface area contributed by atoms with Crippen molar-refractivity contribution in [1.82, 2.24) is 4.98 Å². The predicted octanol–water partition coefficient (Wildman–Crippen LogP) is 1.55. The first-order valence-corrected chi connectivity index (χ1v) is 5.92. The summed E-state index contributed by atoms with van der Waals surface area (Å²) in [5, 5.41) is 1.10. The molecule has 1 aliphatic rings. The summed E-state index contributed by atoms with van der Waals surface area (Å²) in [6.07, 6.45) is 8.91. The highest BCUT2D eigenvalue weighted by atomic mass is 32.1. The molecule has 15 heavy (non-hydrogen) atoms. The SMILES string of the molecule is C#CCCc1cnc(N2CCOCC2)s1. The van der Waals surface area contributed by atoms with Crippen molar-refractivity contribution in [2.24, 2.45) is 0 Å². The van der Waals surface area contributed by atoms with E-state index in [9.17, 15) is 0 Å². The maximum absolute atomic E-state index is 5.30. The summed E-state index contributed by atoms with van der Waals surface area (Å²) in [4.78, 5) is 7.96. The van der Waals surface area contributed by atoms with E-state index >= 15 is 0 Å². The summed E-state index contributed by atoms with van der Waals surface area (Å²) < 4.78 is 5.30. The number of hydrogen-bond acceptors (Lipinski definition) is 4. The van der Waals surface area contributed by atoms with Gasteiger partial charge < -0.3 is 9.64 Å². The number of morpholine rings is 1. The van der Waals surface area contributed by atoms with Gasteiger partial charge in [0, 0.05) is 30.6 Å². The van der Waals surface area contributed by atoms with Crippen molar-refractivity contribution >= 4 is 16.5 Å². The molecule has 1 aliphatic heterocycles. The minimum Gasteiger partial charge on any atom is -0.378 e. The van der Waals surface area contributed by atoms with Crippen molar-refractivity contribution in [3.63, 3.8) is 0 Å². The minimum atomic E-state index is 0.796. The number of rotatable bonds is 3. The summed E-state index contributed by atoms with van der Waals surface area (Å²) in [5.41, 5.74) is 0. The zero-order chi connectivity index (χ0) is 10.5. The topological polar surface area (TPSA) is 25.4 Å². The molecule has 0 spiro atoms. The van der Waals surface area contributed by atoms with Crippen LogP contribution in [0.2, 0.25) is 0 Å². The lowest BCUT2D eigenvalue weighted by molar-refractivity contribution is 0.122. The molecule has 3 nitrogen and oxygen atoms in total. The molecule has 0 amide bonds. The fraction of sp³-hybridized carbons (Fsp3) is 0.545. The number of aromatic nitrogens is 1. The Labute approximate surface area is 94.1 Å². The van der Waals surface area contributed by atoms with E-state index in [0.717, 1.165) is 44.3 Å². The summed E-state index contributed by atoms with van der Waals surface area (Å²) in [5.74, 6) is 2.65. The van der Waals surface area contributed by atoms with Gasteiger partial charge in [-0.15, -0.1) is 23.7 Å². The highest BCUT2D eigenvalue weighted by molar-refractivity contribution is 7.15. The number of thiazole rings is 1. The lowest BCUT2D eigenvalue weighted by atomic mass is 10.3. The van der Waals surface area contributed by atoms with Crippen LogP contribution >= 0.6 is 11.3 Å². The fourth-order valence-corrected chi connectivity index (χ4v) is 2.47. The number of hydrogen-bond donors (Lipinski definition) is 0. The van der Waals surface area contributed by atoms with Gasteiger partial charge in [0.15, 0.2) is 5.13 Å². The van der Waals surface area contributed by atoms with Crippen LogP contribution in [0.15, 0.2) is 6.20 Å². The molecule has 0 aromatic carbocycles. The second kappa shape index (κ2) is 5.15. The van der Waals surface area contributed by atoms with Crippen LogP contribution in [0, 0.1) is 12.3 Å². The summed E-state index contributed by atoms with van der Waals surface area (Å²) in [6.45, 7) is 3.50. The fourth-order valence-electron chi connectivity index (χ4n) is 1.51. The largest absolute Gasteiger partial charge is 0.378 e. The zero-order valence-corrected chi connectivity index (χ0v) is 9.42. The van der Waals surface area contributed by atoms with E-state index in [2.05, 4.69) is 15.8 Å². The van der Waals surface area contributed by atoms with Crippen molar-refractivity contribution in [1.29, 1.82) is 0 Å². The number of terminal acetylenes is 1. The molecule has 0 unspecified atom stereocenters. The Morgan fingerprint density at radius 3 is 3.07 bits per heavy atom. The summed E-state index contributed by atoms with van der Waals surface area (Å²) in [7, 11) is 0. The van der Waals surface area contributed by atoms with Crippen LogP contribution in [0.3, 0.4) is 0 Å². The Balaban J connectivity index is 1.96. The van der Waals surface area contributed by atoms with Gasteiger partial charge in [0.05, 0.1) is 13.2 Å². The monoisotopic (exact) mass is 222 g/mol. The molecular weight excluding hydrogens is 208 g/mol. The van der Waals surface area contributed by atoms with E-state index in [1.807, 2.05) is 6.20 Å². The molecule has 0 atom stereocenters. The minimum absolute atomic E-state index is 0.796. The van der Waals surface area contributed by atoms with Gasteiger partial charge in [-0.1, -0.05) is 0 Å². The van der Waals surface area contributed by atoms with E-state index < -0.39 is 0 Å². The highest BCUT2D eigenvalue weighted by Gasteiger charge is 2.14. The number of nitrogens with zero attached hydrogens (tertiary/aromatic N) is 2. The van der Waals surface area contributed by atoms with Crippen molar-refractivity contribution in [3.8, 4) is 12.3 Å². The molecule has 1 fully saturated rings. The Hall–Kier alpha value is -1.05. The Bertz CT molecular complexity index is 350. The number of anilines is 1. The van der Waals surface area contributed by atoms with Crippen molar-refractivity contribution < 1.29 is 4.74 Å². The Kier molecular flexibility index (Phi) is 3.59. The Morgan fingerprint density at radius 2 is 2.33 bits per heavy atom.